The molecule has 0 aromatic heterocycles. The third-order valence-electron chi connectivity index (χ3n) is 5.90. The van der Waals surface area contributed by atoms with E-state index in [2.05, 4.69) is 38.0 Å². The molecule has 2 fully saturated rings. The van der Waals surface area contributed by atoms with Gasteiger partial charge in [0.05, 0.1) is 0 Å². The van der Waals surface area contributed by atoms with Crippen molar-refractivity contribution in [3.05, 3.63) is 0 Å². The van der Waals surface area contributed by atoms with E-state index in [1.807, 2.05) is 0 Å². The quantitative estimate of drug-likeness (QED) is 0.826. The fraction of sp³-hybridized carbons (Fsp3) is 1.00. The summed E-state index contributed by atoms with van der Waals surface area (Å²) in [5.74, 6) is 0.953. The van der Waals surface area contributed by atoms with Gasteiger partial charge in [0, 0.05) is 18.6 Å². The second-order valence-electron chi connectivity index (χ2n) is 7.16. The van der Waals surface area contributed by atoms with Crippen LogP contribution >= 0.6 is 0 Å². The highest BCUT2D eigenvalue weighted by Gasteiger charge is 2.34. The third kappa shape index (κ3) is 3.08. The molecule has 2 rings (SSSR count). The molecular formula is C16H32N2. The molecule has 1 saturated carbocycles. The maximum atomic E-state index is 3.49. The number of likely N-dealkylation sites (N-methyl/N-ethyl adjacent to an activating group) is 1. The molecule has 0 aromatic carbocycles. The Balaban J connectivity index is 1.82. The highest BCUT2D eigenvalue weighted by Crippen LogP contribution is 2.41. The van der Waals surface area contributed by atoms with Crippen LogP contribution in [-0.2, 0) is 0 Å². The molecule has 0 radical (unpaired) electrons. The summed E-state index contributed by atoms with van der Waals surface area (Å²) in [6, 6.07) is 1.64. The summed E-state index contributed by atoms with van der Waals surface area (Å²) in [5.41, 5.74) is 0.554. The van der Waals surface area contributed by atoms with E-state index in [1.165, 1.54) is 51.6 Å². The zero-order valence-corrected chi connectivity index (χ0v) is 12.8. The zero-order chi connectivity index (χ0) is 13.2. The minimum atomic E-state index is 0.554. The summed E-state index contributed by atoms with van der Waals surface area (Å²) in [6.07, 6.45) is 8.38. The van der Waals surface area contributed by atoms with E-state index in [0.29, 0.717) is 5.41 Å². The summed E-state index contributed by atoms with van der Waals surface area (Å²) < 4.78 is 0. The number of nitrogens with one attached hydrogen (secondary N) is 1. The lowest BCUT2D eigenvalue weighted by atomic mass is 9.68. The molecule has 1 unspecified atom stereocenters. The lowest BCUT2D eigenvalue weighted by Crippen LogP contribution is -2.44. The van der Waals surface area contributed by atoms with Gasteiger partial charge >= 0.3 is 0 Å². The Labute approximate surface area is 114 Å². The summed E-state index contributed by atoms with van der Waals surface area (Å²) in [5, 5.41) is 3.49. The van der Waals surface area contributed by atoms with Crippen LogP contribution in [0.2, 0.25) is 0 Å². The Morgan fingerprint density at radius 1 is 1.06 bits per heavy atom. The first kappa shape index (κ1) is 14.3. The van der Waals surface area contributed by atoms with Crippen molar-refractivity contribution >= 4 is 0 Å². The van der Waals surface area contributed by atoms with Crippen molar-refractivity contribution < 1.29 is 0 Å². The topological polar surface area (TPSA) is 15.3 Å². The summed E-state index contributed by atoms with van der Waals surface area (Å²) in [7, 11) is 2.35. The predicted octanol–water partition coefficient (Wildman–Crippen LogP) is 3.28. The Hall–Kier alpha value is -0.0800. The van der Waals surface area contributed by atoms with Crippen LogP contribution in [0.4, 0.5) is 0 Å². The monoisotopic (exact) mass is 252 g/mol. The highest BCUT2D eigenvalue weighted by atomic mass is 15.2. The maximum Gasteiger partial charge on any atom is 0.0232 e. The predicted molar refractivity (Wildman–Crippen MR) is 78.9 cm³/mol. The van der Waals surface area contributed by atoms with E-state index < -0.39 is 0 Å². The number of nitrogens with zero attached hydrogens (tertiary/aromatic N) is 1. The van der Waals surface area contributed by atoms with Crippen LogP contribution in [0.3, 0.4) is 0 Å². The van der Waals surface area contributed by atoms with E-state index >= 15 is 0 Å². The number of rotatable bonds is 4. The van der Waals surface area contributed by atoms with Crippen LogP contribution < -0.4 is 5.32 Å². The average molecular weight is 252 g/mol. The molecule has 1 saturated heterocycles. The molecule has 1 heterocycles. The van der Waals surface area contributed by atoms with Crippen molar-refractivity contribution in [2.24, 2.45) is 11.3 Å². The molecule has 1 N–H and O–H groups in total. The Morgan fingerprint density at radius 2 is 1.72 bits per heavy atom. The van der Waals surface area contributed by atoms with Gasteiger partial charge < -0.3 is 5.32 Å². The van der Waals surface area contributed by atoms with Gasteiger partial charge in [0.2, 0.25) is 0 Å². The van der Waals surface area contributed by atoms with Crippen LogP contribution in [0.15, 0.2) is 0 Å². The second-order valence-corrected chi connectivity index (χ2v) is 7.16. The van der Waals surface area contributed by atoms with Crippen molar-refractivity contribution in [2.75, 3.05) is 20.1 Å². The second kappa shape index (κ2) is 5.92. The van der Waals surface area contributed by atoms with Gasteiger partial charge in [0.1, 0.15) is 0 Å². The fourth-order valence-electron chi connectivity index (χ4n) is 3.84. The van der Waals surface area contributed by atoms with Crippen LogP contribution in [0.5, 0.6) is 0 Å². The summed E-state index contributed by atoms with van der Waals surface area (Å²) in [6.45, 7) is 9.69. The van der Waals surface area contributed by atoms with E-state index in [1.54, 1.807) is 0 Å². The normalized spacial score (nSPS) is 34.2. The Kier molecular flexibility index (Phi) is 4.71. The van der Waals surface area contributed by atoms with Gasteiger partial charge in [0.25, 0.3) is 0 Å². The molecule has 0 spiro atoms. The lowest BCUT2D eigenvalue weighted by Gasteiger charge is -2.42. The molecule has 0 aromatic rings. The third-order valence-corrected chi connectivity index (χ3v) is 5.90. The van der Waals surface area contributed by atoms with Crippen molar-refractivity contribution in [3.63, 3.8) is 0 Å². The van der Waals surface area contributed by atoms with E-state index in [-0.39, 0.29) is 0 Å². The molecule has 18 heavy (non-hydrogen) atoms. The molecule has 2 aliphatic rings. The van der Waals surface area contributed by atoms with Crippen molar-refractivity contribution in [1.29, 1.82) is 0 Å². The Bertz CT molecular complexity index is 248. The average Bonchev–Trinajstić information content (AvgIpc) is 2.92. The minimum absolute atomic E-state index is 0.554. The van der Waals surface area contributed by atoms with Gasteiger partial charge in [0.15, 0.2) is 0 Å². The smallest absolute Gasteiger partial charge is 0.0232 e. The lowest BCUT2D eigenvalue weighted by molar-refractivity contribution is 0.0810. The van der Waals surface area contributed by atoms with Crippen molar-refractivity contribution in [1.82, 2.24) is 10.2 Å². The SMILES string of the molecule is CCC(C)(C)C1CCC(N(C)C2CCNC2)CC1. The first-order valence-electron chi connectivity index (χ1n) is 7.97. The van der Waals surface area contributed by atoms with Crippen LogP contribution in [-0.4, -0.2) is 37.1 Å². The Morgan fingerprint density at radius 3 is 2.22 bits per heavy atom. The molecule has 1 aliphatic heterocycles. The zero-order valence-electron chi connectivity index (χ0n) is 12.8. The van der Waals surface area contributed by atoms with Crippen LogP contribution in [0.1, 0.15) is 59.3 Å². The molecular weight excluding hydrogens is 220 g/mol. The van der Waals surface area contributed by atoms with Crippen LogP contribution in [0.25, 0.3) is 0 Å². The fourth-order valence-corrected chi connectivity index (χ4v) is 3.84. The molecule has 2 heteroatoms. The summed E-state index contributed by atoms with van der Waals surface area (Å²) >= 11 is 0. The maximum absolute atomic E-state index is 3.49. The van der Waals surface area contributed by atoms with Gasteiger partial charge in [-0.1, -0.05) is 27.2 Å². The van der Waals surface area contributed by atoms with Gasteiger partial charge in [-0.2, -0.15) is 0 Å². The van der Waals surface area contributed by atoms with Crippen molar-refractivity contribution in [3.8, 4) is 0 Å². The highest BCUT2D eigenvalue weighted by molar-refractivity contribution is 4.89. The van der Waals surface area contributed by atoms with Crippen molar-refractivity contribution in [2.45, 2.75) is 71.4 Å². The van der Waals surface area contributed by atoms with Gasteiger partial charge in [-0.15, -0.1) is 0 Å². The van der Waals surface area contributed by atoms with E-state index in [9.17, 15) is 0 Å². The number of hydrogen-bond acceptors (Lipinski definition) is 2. The largest absolute Gasteiger partial charge is 0.315 e. The molecule has 0 bridgehead atoms. The first-order chi connectivity index (χ1) is 8.54. The van der Waals surface area contributed by atoms with E-state index in [4.69, 9.17) is 0 Å². The number of hydrogen-bond donors (Lipinski definition) is 1. The van der Waals surface area contributed by atoms with Crippen LogP contribution in [0, 0.1) is 11.3 Å². The molecule has 2 nitrogen and oxygen atoms in total. The minimum Gasteiger partial charge on any atom is -0.315 e. The van der Waals surface area contributed by atoms with Gasteiger partial charge in [-0.3, -0.25) is 4.90 Å². The summed E-state index contributed by atoms with van der Waals surface area (Å²) in [4.78, 5) is 2.68. The molecule has 0 amide bonds. The molecule has 1 atom stereocenters. The van der Waals surface area contributed by atoms with E-state index in [0.717, 1.165) is 18.0 Å². The van der Waals surface area contributed by atoms with Gasteiger partial charge in [-0.25, -0.2) is 0 Å². The standard InChI is InChI=1S/C16H32N2/c1-5-16(2,3)13-6-8-14(9-7-13)18(4)15-10-11-17-12-15/h13-15,17H,5-12H2,1-4H3. The molecule has 1 aliphatic carbocycles. The molecule has 106 valence electrons. The first-order valence-corrected chi connectivity index (χ1v) is 7.97. The van der Waals surface area contributed by atoms with Gasteiger partial charge in [-0.05, 0) is 57.0 Å².